The average Bonchev–Trinajstić information content (AvgIpc) is 2.79. The summed E-state index contributed by atoms with van der Waals surface area (Å²) in [6.45, 7) is 6.51. The highest BCUT2D eigenvalue weighted by Gasteiger charge is 2.28. The van der Waals surface area contributed by atoms with Gasteiger partial charge in [0.1, 0.15) is 5.60 Å². The van der Waals surface area contributed by atoms with Crippen molar-refractivity contribution in [3.63, 3.8) is 0 Å². The molecule has 0 aliphatic heterocycles. The summed E-state index contributed by atoms with van der Waals surface area (Å²) in [5.41, 5.74) is 0.197. The molecule has 0 fully saturated rings. The molecule has 0 aliphatic carbocycles. The largest absolute Gasteiger partial charge is 0.444 e. The molecule has 0 radical (unpaired) electrons. The number of hydrogen-bond donors (Lipinski definition) is 3. The van der Waals surface area contributed by atoms with Crippen molar-refractivity contribution in [3.8, 4) is 0 Å². The molecule has 3 N–H and O–H groups in total. The first-order valence-corrected chi connectivity index (χ1v) is 14.3. The van der Waals surface area contributed by atoms with Gasteiger partial charge in [0.15, 0.2) is 0 Å². The van der Waals surface area contributed by atoms with Gasteiger partial charge in [-0.05, 0) is 64.8 Å². The number of amides is 1. The molecule has 0 bridgehead atoms. The Morgan fingerprint density at radius 2 is 1.58 bits per heavy atom. The first-order chi connectivity index (χ1) is 16.7. The van der Waals surface area contributed by atoms with Gasteiger partial charge in [-0.15, -0.1) is 0 Å². The summed E-state index contributed by atoms with van der Waals surface area (Å²) in [7, 11) is -8.28. The maximum Gasteiger partial charge on any atom is 0.407 e. The van der Waals surface area contributed by atoms with Crippen LogP contribution in [0.2, 0.25) is 0 Å². The third kappa shape index (κ3) is 9.86. The maximum atomic E-state index is 12.8. The molecule has 36 heavy (non-hydrogen) atoms. The fraction of sp³-hybridized carbons (Fsp3) is 0.458. The van der Waals surface area contributed by atoms with Crippen LogP contribution in [0.1, 0.15) is 39.2 Å². The Labute approximate surface area is 213 Å². The average molecular weight is 543 g/mol. The van der Waals surface area contributed by atoms with Crippen LogP contribution in [0.5, 0.6) is 0 Å². The van der Waals surface area contributed by atoms with E-state index in [1.54, 1.807) is 58.0 Å². The number of carbonyl (C=O) groups is 1. The van der Waals surface area contributed by atoms with E-state index >= 15 is 0 Å². The van der Waals surface area contributed by atoms with Gasteiger partial charge < -0.3 is 15.2 Å². The van der Waals surface area contributed by atoms with Gasteiger partial charge in [-0.1, -0.05) is 35.9 Å². The lowest BCUT2D eigenvalue weighted by Crippen LogP contribution is -2.47. The molecule has 0 saturated carbocycles. The number of aliphatic hydroxyl groups excluding tert-OH is 1. The number of aryl methyl sites for hydroxylation is 1. The Morgan fingerprint density at radius 3 is 2.17 bits per heavy atom. The van der Waals surface area contributed by atoms with Gasteiger partial charge in [-0.3, -0.25) is 4.18 Å². The molecule has 0 heterocycles. The zero-order chi connectivity index (χ0) is 27.0. The van der Waals surface area contributed by atoms with Crippen LogP contribution in [0.15, 0.2) is 64.4 Å². The van der Waals surface area contributed by atoms with Crippen molar-refractivity contribution in [2.75, 3.05) is 13.2 Å². The number of carbonyl (C=O) groups excluding carboxylic acids is 1. The Hall–Kier alpha value is -2.51. The van der Waals surface area contributed by atoms with E-state index in [2.05, 4.69) is 10.0 Å². The minimum atomic E-state index is -4.20. The molecule has 0 spiro atoms. The van der Waals surface area contributed by atoms with Crippen molar-refractivity contribution in [1.82, 2.24) is 10.0 Å². The van der Waals surface area contributed by atoms with Crippen molar-refractivity contribution < 1.29 is 35.7 Å². The van der Waals surface area contributed by atoms with Crippen LogP contribution in [-0.2, 0) is 29.1 Å². The predicted octanol–water partition coefficient (Wildman–Crippen LogP) is 2.71. The van der Waals surface area contributed by atoms with Crippen LogP contribution in [0, 0.1) is 6.92 Å². The minimum Gasteiger partial charge on any atom is -0.444 e. The molecule has 12 heteroatoms. The van der Waals surface area contributed by atoms with Crippen LogP contribution in [0.25, 0.3) is 0 Å². The summed E-state index contributed by atoms with van der Waals surface area (Å²) in [6, 6.07) is 12.2. The second-order valence-corrected chi connectivity index (χ2v) is 12.6. The highest BCUT2D eigenvalue weighted by atomic mass is 32.2. The smallest absolute Gasteiger partial charge is 0.407 e. The van der Waals surface area contributed by atoms with Gasteiger partial charge in [0.25, 0.3) is 10.1 Å². The Balaban J connectivity index is 2.09. The zero-order valence-electron chi connectivity index (χ0n) is 20.8. The van der Waals surface area contributed by atoms with E-state index in [4.69, 9.17) is 8.92 Å². The first-order valence-electron chi connectivity index (χ1n) is 11.4. The van der Waals surface area contributed by atoms with Gasteiger partial charge in [0.2, 0.25) is 10.0 Å². The van der Waals surface area contributed by atoms with E-state index < -0.39 is 50.6 Å². The molecule has 2 aromatic carbocycles. The van der Waals surface area contributed by atoms with Gasteiger partial charge in [-0.25, -0.2) is 17.9 Å². The minimum absolute atomic E-state index is 0.0461. The lowest BCUT2D eigenvalue weighted by Gasteiger charge is -2.24. The molecular formula is C24H34N2O8S2. The Bertz CT molecular complexity index is 1190. The van der Waals surface area contributed by atoms with Crippen LogP contribution < -0.4 is 10.0 Å². The SMILES string of the molecule is Cc1ccc(S(=O)(=O)OC[C@@H](NS(=O)(=O)c2ccccc2)[C@H](O)CCCNC(=O)OC(C)(C)C)cc1. The quantitative estimate of drug-likeness (QED) is 0.274. The van der Waals surface area contributed by atoms with Gasteiger partial charge in [0, 0.05) is 6.54 Å². The van der Waals surface area contributed by atoms with Crippen molar-refractivity contribution in [2.45, 2.75) is 68.1 Å². The number of benzene rings is 2. The maximum absolute atomic E-state index is 12.8. The summed E-state index contributed by atoms with van der Waals surface area (Å²) in [5, 5.41) is 13.3. The molecule has 200 valence electrons. The number of aliphatic hydroxyl groups is 1. The highest BCUT2D eigenvalue weighted by Crippen LogP contribution is 2.16. The third-order valence-electron chi connectivity index (χ3n) is 4.88. The number of ether oxygens (including phenoxy) is 1. The lowest BCUT2D eigenvalue weighted by atomic mass is 10.1. The van der Waals surface area contributed by atoms with Crippen molar-refractivity contribution >= 4 is 26.2 Å². The van der Waals surface area contributed by atoms with Crippen molar-refractivity contribution in [3.05, 3.63) is 60.2 Å². The molecule has 10 nitrogen and oxygen atoms in total. The molecular weight excluding hydrogens is 508 g/mol. The van der Waals surface area contributed by atoms with E-state index in [0.29, 0.717) is 0 Å². The monoisotopic (exact) mass is 542 g/mol. The van der Waals surface area contributed by atoms with Crippen LogP contribution >= 0.6 is 0 Å². The van der Waals surface area contributed by atoms with E-state index in [-0.39, 0.29) is 29.2 Å². The zero-order valence-corrected chi connectivity index (χ0v) is 22.4. The first kappa shape index (κ1) is 29.7. The fourth-order valence-electron chi connectivity index (χ4n) is 3.04. The van der Waals surface area contributed by atoms with Gasteiger partial charge in [-0.2, -0.15) is 8.42 Å². The fourth-order valence-corrected chi connectivity index (χ4v) is 5.25. The molecule has 2 atom stereocenters. The van der Waals surface area contributed by atoms with Gasteiger partial charge >= 0.3 is 6.09 Å². The third-order valence-corrected chi connectivity index (χ3v) is 7.68. The molecule has 2 aromatic rings. The standard InChI is InChI=1S/C24H34N2O8S2/c1-18-12-14-20(15-13-18)36(31,32)33-17-21(26-35(29,30)19-9-6-5-7-10-19)22(27)11-8-16-25-23(28)34-24(2,3)4/h5-7,9-10,12-15,21-22,26-27H,8,11,16-17H2,1-4H3,(H,25,28)/t21-,22-/m1/s1. The van der Waals surface area contributed by atoms with Crippen LogP contribution in [0.4, 0.5) is 4.79 Å². The summed E-state index contributed by atoms with van der Waals surface area (Å²) in [5.74, 6) is 0. The summed E-state index contributed by atoms with van der Waals surface area (Å²) < 4.78 is 63.5. The number of nitrogens with one attached hydrogen (secondary N) is 2. The molecule has 1 amide bonds. The summed E-state index contributed by atoms with van der Waals surface area (Å²) in [4.78, 5) is 11.6. The Kier molecular flexibility index (Phi) is 10.4. The predicted molar refractivity (Wildman–Crippen MR) is 134 cm³/mol. The van der Waals surface area contributed by atoms with E-state index in [0.717, 1.165) is 5.56 Å². The highest BCUT2D eigenvalue weighted by molar-refractivity contribution is 7.89. The van der Waals surface area contributed by atoms with Crippen molar-refractivity contribution in [2.24, 2.45) is 0 Å². The van der Waals surface area contributed by atoms with E-state index in [1.807, 2.05) is 0 Å². The second-order valence-electron chi connectivity index (χ2n) is 9.23. The topological polar surface area (TPSA) is 148 Å². The van der Waals surface area contributed by atoms with Crippen LogP contribution in [0.3, 0.4) is 0 Å². The summed E-state index contributed by atoms with van der Waals surface area (Å²) in [6.07, 6.45) is -1.61. The molecule has 0 unspecified atom stereocenters. The molecule has 0 aromatic heterocycles. The normalized spacial score (nSPS) is 14.1. The number of hydrogen-bond acceptors (Lipinski definition) is 8. The number of rotatable bonds is 12. The summed E-state index contributed by atoms with van der Waals surface area (Å²) >= 11 is 0. The molecule has 0 saturated heterocycles. The Morgan fingerprint density at radius 1 is 0.972 bits per heavy atom. The molecule has 0 aliphatic rings. The van der Waals surface area contributed by atoms with Crippen LogP contribution in [-0.4, -0.2) is 58.9 Å². The molecule has 2 rings (SSSR count). The number of sulfonamides is 1. The van der Waals surface area contributed by atoms with E-state index in [9.17, 15) is 26.7 Å². The van der Waals surface area contributed by atoms with Crippen molar-refractivity contribution in [1.29, 1.82) is 0 Å². The second kappa shape index (κ2) is 12.6. The van der Waals surface area contributed by atoms with E-state index in [1.165, 1.54) is 24.3 Å². The van der Waals surface area contributed by atoms with Gasteiger partial charge in [0.05, 0.1) is 28.5 Å². The number of alkyl carbamates (subject to hydrolysis) is 1. The lowest BCUT2D eigenvalue weighted by molar-refractivity contribution is 0.0519.